The van der Waals surface area contributed by atoms with Crippen LogP contribution in [0.15, 0.2) is 35.2 Å². The van der Waals surface area contributed by atoms with Gasteiger partial charge in [0.05, 0.1) is 18.8 Å². The Labute approximate surface area is 163 Å². The molecule has 0 saturated carbocycles. The molecule has 0 N–H and O–H groups in total. The van der Waals surface area contributed by atoms with Crippen molar-refractivity contribution < 1.29 is 18.6 Å². The van der Waals surface area contributed by atoms with E-state index in [1.54, 1.807) is 11.8 Å². The van der Waals surface area contributed by atoms with Crippen LogP contribution in [0.3, 0.4) is 0 Å². The molecule has 0 amide bonds. The van der Waals surface area contributed by atoms with Crippen LogP contribution < -0.4 is 0 Å². The fourth-order valence-electron chi connectivity index (χ4n) is 3.04. The van der Waals surface area contributed by atoms with Crippen LogP contribution in [0.2, 0.25) is 18.1 Å². The van der Waals surface area contributed by atoms with Crippen LogP contribution in [0.5, 0.6) is 0 Å². The fraction of sp³-hybridized carbons (Fsp3) is 0.700. The summed E-state index contributed by atoms with van der Waals surface area (Å²) >= 11 is 1.76. The van der Waals surface area contributed by atoms with E-state index in [-0.39, 0.29) is 28.8 Å². The van der Waals surface area contributed by atoms with Crippen molar-refractivity contribution in [2.24, 2.45) is 0 Å². The van der Waals surface area contributed by atoms with Gasteiger partial charge in [-0.05, 0) is 43.1 Å². The lowest BCUT2D eigenvalue weighted by Crippen LogP contribution is -2.47. The van der Waals surface area contributed by atoms with Gasteiger partial charge >= 0.3 is 0 Å². The first-order valence-corrected chi connectivity index (χ1v) is 13.3. The molecular formula is C20H32O4SSi. The van der Waals surface area contributed by atoms with Crippen LogP contribution >= 0.6 is 11.8 Å². The first-order chi connectivity index (χ1) is 12.3. The van der Waals surface area contributed by atoms with Crippen molar-refractivity contribution >= 4 is 20.1 Å². The molecule has 4 nitrogen and oxygen atoms in total. The molecule has 2 aliphatic rings. The number of ether oxygens (including phenoxy) is 3. The maximum Gasteiger partial charge on any atom is 0.192 e. The summed E-state index contributed by atoms with van der Waals surface area (Å²) < 4.78 is 24.6. The molecule has 6 heteroatoms. The quantitative estimate of drug-likeness (QED) is 0.666. The first kappa shape index (κ1) is 20.4. The zero-order chi connectivity index (χ0) is 18.8. The summed E-state index contributed by atoms with van der Waals surface area (Å²) in [5, 5.41) is 0.174. The second-order valence-corrected chi connectivity index (χ2v) is 14.6. The topological polar surface area (TPSA) is 36.9 Å². The molecule has 2 aliphatic heterocycles. The standard InChI is InChI=1S/C20H32O4SSi/c1-20(2,3)26(4,5)24-17-12-11-16-18(13-21-14-22-16)23-19(17)25-15-9-7-6-8-10-15/h6-10,16-19H,11-14H2,1-5H3/t16-,17-,18+,19-/m0/s1. The number of fused-ring (bicyclic) bond motifs is 1. The molecule has 0 aromatic heterocycles. The first-order valence-electron chi connectivity index (χ1n) is 9.50. The van der Waals surface area contributed by atoms with E-state index in [1.165, 1.54) is 4.90 Å². The Morgan fingerprint density at radius 1 is 1.08 bits per heavy atom. The molecular weight excluding hydrogens is 364 g/mol. The Bertz CT molecular complexity index is 575. The monoisotopic (exact) mass is 396 g/mol. The van der Waals surface area contributed by atoms with E-state index >= 15 is 0 Å². The summed E-state index contributed by atoms with van der Waals surface area (Å²) in [5.74, 6) is 0. The van der Waals surface area contributed by atoms with Crippen molar-refractivity contribution in [3.8, 4) is 0 Å². The second kappa shape index (κ2) is 8.33. The van der Waals surface area contributed by atoms with E-state index in [2.05, 4.69) is 58.1 Å². The summed E-state index contributed by atoms with van der Waals surface area (Å²) in [6, 6.07) is 10.4. The van der Waals surface area contributed by atoms with Crippen LogP contribution in [-0.4, -0.2) is 45.5 Å². The lowest BCUT2D eigenvalue weighted by molar-refractivity contribution is -0.208. The molecule has 2 heterocycles. The van der Waals surface area contributed by atoms with E-state index < -0.39 is 8.32 Å². The zero-order valence-corrected chi connectivity index (χ0v) is 18.4. The van der Waals surface area contributed by atoms with Crippen molar-refractivity contribution in [3.05, 3.63) is 30.3 Å². The minimum atomic E-state index is -1.89. The van der Waals surface area contributed by atoms with Gasteiger partial charge in [-0.2, -0.15) is 0 Å². The van der Waals surface area contributed by atoms with E-state index in [0.29, 0.717) is 13.4 Å². The highest BCUT2D eigenvalue weighted by atomic mass is 32.2. The summed E-state index contributed by atoms with van der Waals surface area (Å²) in [7, 11) is -1.89. The van der Waals surface area contributed by atoms with Crippen molar-refractivity contribution in [2.75, 3.05) is 13.4 Å². The molecule has 0 aliphatic carbocycles. The smallest absolute Gasteiger partial charge is 0.192 e. The van der Waals surface area contributed by atoms with E-state index in [4.69, 9.17) is 18.6 Å². The third kappa shape index (κ3) is 4.91. The summed E-state index contributed by atoms with van der Waals surface area (Å²) in [6.07, 6.45) is 2.07. The molecule has 0 spiro atoms. The van der Waals surface area contributed by atoms with Gasteiger partial charge in [-0.3, -0.25) is 0 Å². The second-order valence-electron chi connectivity index (χ2n) is 8.66. The predicted molar refractivity (Wildman–Crippen MR) is 108 cm³/mol. The van der Waals surface area contributed by atoms with Crippen LogP contribution in [0.25, 0.3) is 0 Å². The van der Waals surface area contributed by atoms with Gasteiger partial charge in [-0.15, -0.1) is 0 Å². The lowest BCUT2D eigenvalue weighted by Gasteiger charge is -2.41. The van der Waals surface area contributed by atoms with E-state index in [1.807, 2.05) is 6.07 Å². The van der Waals surface area contributed by atoms with E-state index in [9.17, 15) is 0 Å². The largest absolute Gasteiger partial charge is 0.410 e. The fourth-order valence-corrected chi connectivity index (χ4v) is 5.62. The SMILES string of the molecule is CC(C)(C)[Si](C)(C)O[C@H]1CC[C@@H]2OCOC[C@H]2O[C@H]1Sc1ccccc1. The summed E-state index contributed by atoms with van der Waals surface area (Å²) in [4.78, 5) is 1.21. The van der Waals surface area contributed by atoms with Gasteiger partial charge in [-0.25, -0.2) is 0 Å². The van der Waals surface area contributed by atoms with Gasteiger partial charge in [0, 0.05) is 4.90 Å². The summed E-state index contributed by atoms with van der Waals surface area (Å²) in [5.41, 5.74) is -0.0492. The van der Waals surface area contributed by atoms with Gasteiger partial charge in [0.2, 0.25) is 0 Å². The Balaban J connectivity index is 1.80. The van der Waals surface area contributed by atoms with Crippen LogP contribution in [-0.2, 0) is 18.6 Å². The van der Waals surface area contributed by atoms with Crippen molar-refractivity contribution in [2.45, 2.75) is 80.4 Å². The average Bonchev–Trinajstić information content (AvgIpc) is 2.74. The number of benzene rings is 1. The Hall–Kier alpha value is -0.373. The normalized spacial score (nSPS) is 30.5. The van der Waals surface area contributed by atoms with Crippen molar-refractivity contribution in [1.82, 2.24) is 0 Å². The van der Waals surface area contributed by atoms with E-state index in [0.717, 1.165) is 12.8 Å². The third-order valence-electron chi connectivity index (χ3n) is 5.66. The van der Waals surface area contributed by atoms with Gasteiger partial charge in [0.1, 0.15) is 18.3 Å². The molecule has 3 rings (SSSR count). The van der Waals surface area contributed by atoms with Gasteiger partial charge in [0.15, 0.2) is 8.32 Å². The number of rotatable bonds is 4. The molecule has 2 saturated heterocycles. The molecule has 26 heavy (non-hydrogen) atoms. The molecule has 1 aromatic rings. The van der Waals surface area contributed by atoms with Gasteiger partial charge < -0.3 is 18.6 Å². The maximum absolute atomic E-state index is 6.81. The zero-order valence-electron chi connectivity index (χ0n) is 16.6. The van der Waals surface area contributed by atoms with Gasteiger partial charge in [-0.1, -0.05) is 50.7 Å². The predicted octanol–water partition coefficient (Wildman–Crippen LogP) is 5.05. The van der Waals surface area contributed by atoms with Crippen LogP contribution in [0.1, 0.15) is 33.6 Å². The number of thioether (sulfide) groups is 1. The molecule has 146 valence electrons. The lowest BCUT2D eigenvalue weighted by atomic mass is 10.1. The Morgan fingerprint density at radius 2 is 1.81 bits per heavy atom. The third-order valence-corrected chi connectivity index (χ3v) is 11.4. The molecule has 0 radical (unpaired) electrons. The number of hydrogen-bond donors (Lipinski definition) is 0. The molecule has 1 aromatic carbocycles. The highest BCUT2D eigenvalue weighted by Crippen LogP contribution is 2.42. The molecule has 0 bridgehead atoms. The summed E-state index contributed by atoms with van der Waals surface area (Å²) in [6.45, 7) is 12.5. The highest BCUT2D eigenvalue weighted by molar-refractivity contribution is 7.99. The minimum Gasteiger partial charge on any atom is -0.410 e. The minimum absolute atomic E-state index is 0.0158. The van der Waals surface area contributed by atoms with Crippen LogP contribution in [0.4, 0.5) is 0 Å². The van der Waals surface area contributed by atoms with Crippen molar-refractivity contribution in [3.63, 3.8) is 0 Å². The molecule has 4 atom stereocenters. The maximum atomic E-state index is 6.81. The molecule has 0 unspecified atom stereocenters. The van der Waals surface area contributed by atoms with Crippen molar-refractivity contribution in [1.29, 1.82) is 0 Å². The Kier molecular flexibility index (Phi) is 6.52. The Morgan fingerprint density at radius 3 is 2.50 bits per heavy atom. The number of hydrogen-bond acceptors (Lipinski definition) is 5. The van der Waals surface area contributed by atoms with Crippen LogP contribution in [0, 0.1) is 0 Å². The van der Waals surface area contributed by atoms with Gasteiger partial charge in [0.25, 0.3) is 0 Å². The highest BCUT2D eigenvalue weighted by Gasteiger charge is 2.44. The average molecular weight is 397 g/mol. The molecule has 2 fully saturated rings.